The second-order valence-corrected chi connectivity index (χ2v) is 5.60. The number of thiophene rings is 1. The van der Waals surface area contributed by atoms with E-state index in [2.05, 4.69) is 5.32 Å². The lowest BCUT2D eigenvalue weighted by atomic mass is 10.2. The molecule has 0 fully saturated rings. The molecule has 0 radical (unpaired) electrons. The van der Waals surface area contributed by atoms with Gasteiger partial charge in [-0.2, -0.15) is 0 Å². The highest BCUT2D eigenvalue weighted by atomic mass is 32.1. The van der Waals surface area contributed by atoms with E-state index in [1.807, 2.05) is 31.4 Å². The van der Waals surface area contributed by atoms with Crippen molar-refractivity contribution >= 4 is 22.7 Å². The summed E-state index contributed by atoms with van der Waals surface area (Å²) in [6.07, 6.45) is -0.0258. The molecule has 106 valence electrons. The van der Waals surface area contributed by atoms with Crippen molar-refractivity contribution in [3.8, 4) is 5.75 Å². The minimum absolute atomic E-state index is 0.0248. The van der Waals surface area contributed by atoms with Crippen LogP contribution in [0.5, 0.6) is 5.75 Å². The Hall–Kier alpha value is -2.08. The van der Waals surface area contributed by atoms with Crippen molar-refractivity contribution in [2.45, 2.75) is 26.5 Å². The van der Waals surface area contributed by atoms with E-state index in [9.17, 15) is 10.1 Å². The van der Waals surface area contributed by atoms with E-state index in [4.69, 9.17) is 4.74 Å². The molecule has 2 rings (SSSR count). The summed E-state index contributed by atoms with van der Waals surface area (Å²) in [6, 6.07) is 8.72. The molecule has 20 heavy (non-hydrogen) atoms. The summed E-state index contributed by atoms with van der Waals surface area (Å²) in [5.74, 6) is 0.503. The van der Waals surface area contributed by atoms with Gasteiger partial charge in [-0.3, -0.25) is 10.1 Å². The van der Waals surface area contributed by atoms with Crippen LogP contribution in [0.25, 0.3) is 0 Å². The van der Waals surface area contributed by atoms with Crippen LogP contribution in [-0.2, 0) is 6.54 Å². The number of nitro groups is 1. The van der Waals surface area contributed by atoms with Crippen LogP contribution in [0.2, 0.25) is 0 Å². The van der Waals surface area contributed by atoms with Crippen molar-refractivity contribution in [3.63, 3.8) is 0 Å². The number of nitrogens with zero attached hydrogens (tertiary/aromatic N) is 1. The molecule has 0 aliphatic heterocycles. The molecule has 0 spiro atoms. The maximum absolute atomic E-state index is 10.9. The van der Waals surface area contributed by atoms with Gasteiger partial charge in [0.25, 0.3) is 5.69 Å². The highest BCUT2D eigenvalue weighted by Crippen LogP contribution is 2.27. The summed E-state index contributed by atoms with van der Waals surface area (Å²) < 4.78 is 5.54. The van der Waals surface area contributed by atoms with Gasteiger partial charge < -0.3 is 10.1 Å². The Morgan fingerprint density at radius 1 is 1.40 bits per heavy atom. The molecule has 0 bridgehead atoms. The second-order valence-electron chi connectivity index (χ2n) is 4.57. The number of hydrogen-bond acceptors (Lipinski definition) is 5. The lowest BCUT2D eigenvalue weighted by molar-refractivity contribution is -0.384. The van der Waals surface area contributed by atoms with Gasteiger partial charge in [-0.05, 0) is 25.3 Å². The molecule has 1 heterocycles. The van der Waals surface area contributed by atoms with E-state index in [-0.39, 0.29) is 11.8 Å². The minimum Gasteiger partial charge on any atom is -0.491 e. The quantitative estimate of drug-likeness (QED) is 0.644. The van der Waals surface area contributed by atoms with Crippen molar-refractivity contribution in [2.24, 2.45) is 0 Å². The zero-order chi connectivity index (χ0) is 14.5. The van der Waals surface area contributed by atoms with Gasteiger partial charge in [0.1, 0.15) is 5.75 Å². The van der Waals surface area contributed by atoms with Gasteiger partial charge in [0.05, 0.1) is 17.1 Å². The Labute approximate surface area is 121 Å². The lowest BCUT2D eigenvalue weighted by Gasteiger charge is -2.12. The lowest BCUT2D eigenvalue weighted by Crippen LogP contribution is -2.06. The van der Waals surface area contributed by atoms with Crippen molar-refractivity contribution in [2.75, 3.05) is 5.32 Å². The molecule has 0 saturated carbocycles. The summed E-state index contributed by atoms with van der Waals surface area (Å²) in [7, 11) is 0. The normalized spacial score (nSPS) is 10.6. The summed E-state index contributed by atoms with van der Waals surface area (Å²) >= 11 is 1.64. The first kappa shape index (κ1) is 14.3. The van der Waals surface area contributed by atoms with E-state index >= 15 is 0 Å². The third-order valence-electron chi connectivity index (χ3n) is 2.52. The van der Waals surface area contributed by atoms with Crippen molar-refractivity contribution < 1.29 is 9.66 Å². The van der Waals surface area contributed by atoms with Crippen LogP contribution in [0, 0.1) is 10.1 Å². The molecule has 1 aromatic carbocycles. The number of nitro benzene ring substituents is 1. The Bertz CT molecular complexity index is 582. The maximum Gasteiger partial charge on any atom is 0.275 e. The maximum atomic E-state index is 10.9. The van der Waals surface area contributed by atoms with Crippen molar-refractivity contribution in [1.29, 1.82) is 0 Å². The predicted octanol–water partition coefficient (Wildman–Crippen LogP) is 4.06. The Balaban J connectivity index is 2.17. The van der Waals surface area contributed by atoms with E-state index < -0.39 is 4.92 Å². The molecule has 0 aliphatic rings. The minimum atomic E-state index is -0.413. The molecule has 1 aromatic heterocycles. The Kier molecular flexibility index (Phi) is 4.57. The first-order valence-corrected chi connectivity index (χ1v) is 7.15. The van der Waals surface area contributed by atoms with Gasteiger partial charge >= 0.3 is 0 Å². The van der Waals surface area contributed by atoms with E-state index in [1.165, 1.54) is 17.0 Å². The van der Waals surface area contributed by atoms with Crippen molar-refractivity contribution in [3.05, 3.63) is 50.7 Å². The van der Waals surface area contributed by atoms with E-state index in [1.54, 1.807) is 17.4 Å². The first-order valence-electron chi connectivity index (χ1n) is 6.27. The predicted molar refractivity (Wildman–Crippen MR) is 80.5 cm³/mol. The summed E-state index contributed by atoms with van der Waals surface area (Å²) in [5, 5.41) is 16.1. The van der Waals surface area contributed by atoms with Gasteiger partial charge in [-0.15, -0.1) is 11.3 Å². The van der Waals surface area contributed by atoms with Crippen LogP contribution >= 0.6 is 11.3 Å². The standard InChI is InChI=1S/C14H16N2O3S/c1-10(2)19-13-7-11(6-12(8-13)16(17)18)15-9-14-4-3-5-20-14/h3-8,10,15H,9H2,1-2H3. The van der Waals surface area contributed by atoms with Crippen molar-refractivity contribution in [1.82, 2.24) is 0 Å². The second kappa shape index (κ2) is 6.38. The average Bonchev–Trinajstić information content (AvgIpc) is 2.88. The number of ether oxygens (including phenoxy) is 1. The molecule has 5 nitrogen and oxygen atoms in total. The fourth-order valence-corrected chi connectivity index (χ4v) is 2.38. The summed E-state index contributed by atoms with van der Waals surface area (Å²) in [5.41, 5.74) is 0.708. The van der Waals surface area contributed by atoms with Crippen LogP contribution in [0.3, 0.4) is 0 Å². The van der Waals surface area contributed by atoms with Crippen LogP contribution in [-0.4, -0.2) is 11.0 Å². The van der Waals surface area contributed by atoms with Crippen LogP contribution in [0.1, 0.15) is 18.7 Å². The molecular weight excluding hydrogens is 276 g/mol. The number of rotatable bonds is 6. The van der Waals surface area contributed by atoms with Gasteiger partial charge in [0, 0.05) is 29.2 Å². The van der Waals surface area contributed by atoms with Crippen LogP contribution in [0.15, 0.2) is 35.7 Å². The molecule has 6 heteroatoms. The van der Waals surface area contributed by atoms with Crippen LogP contribution in [0.4, 0.5) is 11.4 Å². The molecule has 1 N–H and O–H groups in total. The summed E-state index contributed by atoms with van der Waals surface area (Å²) in [4.78, 5) is 11.7. The largest absolute Gasteiger partial charge is 0.491 e. The highest BCUT2D eigenvalue weighted by molar-refractivity contribution is 7.09. The average molecular weight is 292 g/mol. The monoisotopic (exact) mass is 292 g/mol. The molecule has 0 unspecified atom stereocenters. The molecule has 2 aromatic rings. The molecule has 0 amide bonds. The number of anilines is 1. The van der Waals surface area contributed by atoms with E-state index in [0.29, 0.717) is 18.0 Å². The zero-order valence-corrected chi connectivity index (χ0v) is 12.1. The van der Waals surface area contributed by atoms with E-state index in [0.717, 1.165) is 0 Å². The van der Waals surface area contributed by atoms with Gasteiger partial charge in [-0.1, -0.05) is 6.07 Å². The smallest absolute Gasteiger partial charge is 0.275 e. The summed E-state index contributed by atoms with van der Waals surface area (Å²) in [6.45, 7) is 4.41. The number of nitrogens with one attached hydrogen (secondary N) is 1. The highest BCUT2D eigenvalue weighted by Gasteiger charge is 2.11. The zero-order valence-electron chi connectivity index (χ0n) is 11.3. The number of hydrogen-bond donors (Lipinski definition) is 1. The fourth-order valence-electron chi connectivity index (χ4n) is 1.73. The topological polar surface area (TPSA) is 64.4 Å². The molecule has 0 saturated heterocycles. The fraction of sp³-hybridized carbons (Fsp3) is 0.286. The third kappa shape index (κ3) is 3.96. The Morgan fingerprint density at radius 3 is 2.80 bits per heavy atom. The van der Waals surface area contributed by atoms with Gasteiger partial charge in [-0.25, -0.2) is 0 Å². The van der Waals surface area contributed by atoms with Crippen LogP contribution < -0.4 is 10.1 Å². The first-order chi connectivity index (χ1) is 9.54. The third-order valence-corrected chi connectivity index (χ3v) is 3.40. The Morgan fingerprint density at radius 2 is 2.20 bits per heavy atom. The molecular formula is C14H16N2O3S. The molecule has 0 atom stereocenters. The number of benzene rings is 1. The SMILES string of the molecule is CC(C)Oc1cc(NCc2cccs2)cc([N+](=O)[O-])c1. The van der Waals surface area contributed by atoms with Gasteiger partial charge in [0.2, 0.25) is 0 Å². The molecule has 0 aliphatic carbocycles. The number of non-ortho nitro benzene ring substituents is 1. The van der Waals surface area contributed by atoms with Gasteiger partial charge in [0.15, 0.2) is 0 Å².